The van der Waals surface area contributed by atoms with Gasteiger partial charge in [0.25, 0.3) is 0 Å². The molecule has 0 aliphatic heterocycles. The van der Waals surface area contributed by atoms with Crippen molar-refractivity contribution in [2.24, 2.45) is 0 Å². The molecule has 18 heavy (non-hydrogen) atoms. The molecule has 0 aliphatic carbocycles. The van der Waals surface area contributed by atoms with Gasteiger partial charge in [-0.2, -0.15) is 0 Å². The van der Waals surface area contributed by atoms with Crippen molar-refractivity contribution in [3.05, 3.63) is 46.0 Å². The maximum Gasteiger partial charge on any atom is 0.137 e. The van der Waals surface area contributed by atoms with Gasteiger partial charge in [0.05, 0.1) is 0 Å². The van der Waals surface area contributed by atoms with E-state index in [1.807, 2.05) is 24.3 Å². The average Bonchev–Trinajstić information content (AvgIpc) is 2.31. The predicted octanol–water partition coefficient (Wildman–Crippen LogP) is 5.09. The summed E-state index contributed by atoms with van der Waals surface area (Å²) in [6.45, 7) is 4.22. The Bertz CT molecular complexity index is 400. The first kappa shape index (κ1) is 15.2. The molecule has 1 aromatic rings. The van der Waals surface area contributed by atoms with Crippen LogP contribution in [0, 0.1) is 0 Å². The Balaban J connectivity index is 2.21. The number of unbranched alkanes of at least 4 members (excludes halogenated alkanes) is 2. The fourth-order valence-electron chi connectivity index (χ4n) is 1.78. The third kappa shape index (κ3) is 6.75. The van der Waals surface area contributed by atoms with Crippen LogP contribution in [-0.2, 0) is 11.2 Å². The first-order chi connectivity index (χ1) is 8.58. The monoisotopic (exact) mass is 308 g/mol. The van der Waals surface area contributed by atoms with Crippen molar-refractivity contribution in [3.8, 4) is 0 Å². The fourth-order valence-corrected chi connectivity index (χ4v) is 2.04. The minimum atomic E-state index is 0.342. The smallest absolute Gasteiger partial charge is 0.137 e. The molecule has 0 unspecified atom stereocenters. The topological polar surface area (TPSA) is 17.1 Å². The molecule has 0 atom stereocenters. The number of benzene rings is 1. The highest BCUT2D eigenvalue weighted by atomic mass is 79.9. The number of hydrogen-bond acceptors (Lipinski definition) is 1. The molecule has 1 aromatic carbocycles. The van der Waals surface area contributed by atoms with E-state index in [0.717, 1.165) is 29.3 Å². The van der Waals surface area contributed by atoms with Crippen LogP contribution in [0.2, 0.25) is 0 Å². The molecule has 0 amide bonds. The van der Waals surface area contributed by atoms with Gasteiger partial charge in [0.1, 0.15) is 5.78 Å². The lowest BCUT2D eigenvalue weighted by atomic mass is 10.0. The molecule has 0 radical (unpaired) electrons. The van der Waals surface area contributed by atoms with Gasteiger partial charge in [-0.25, -0.2) is 0 Å². The molecule has 2 heteroatoms. The van der Waals surface area contributed by atoms with Crippen LogP contribution in [-0.4, -0.2) is 5.78 Å². The van der Waals surface area contributed by atoms with Crippen LogP contribution in [0.25, 0.3) is 0 Å². The highest BCUT2D eigenvalue weighted by Gasteiger charge is 2.03. The van der Waals surface area contributed by atoms with E-state index in [2.05, 4.69) is 35.9 Å². The number of Topliss-reactive ketones (excluding diaryl/α,β-unsaturated/α-hetero) is 1. The predicted molar refractivity (Wildman–Crippen MR) is 80.8 cm³/mol. The molecule has 0 heterocycles. The van der Waals surface area contributed by atoms with Crippen LogP contribution in [0.4, 0.5) is 0 Å². The Morgan fingerprint density at radius 3 is 2.44 bits per heavy atom. The number of rotatable bonds is 7. The molecule has 1 nitrogen and oxygen atoms in total. The van der Waals surface area contributed by atoms with Gasteiger partial charge >= 0.3 is 0 Å². The maximum atomic E-state index is 11.8. The van der Waals surface area contributed by atoms with Gasteiger partial charge in [-0.1, -0.05) is 39.7 Å². The van der Waals surface area contributed by atoms with Crippen LogP contribution in [0.15, 0.2) is 40.4 Å². The standard InChI is InChI=1S/C16H21BrO/c1-13(2)6-4-3-5-7-16(18)12-14-8-10-15(17)11-9-14/h6,8-11H,3-5,7,12H2,1-2H3. The largest absolute Gasteiger partial charge is 0.299 e. The Morgan fingerprint density at radius 1 is 1.17 bits per heavy atom. The zero-order valence-corrected chi connectivity index (χ0v) is 12.8. The zero-order chi connectivity index (χ0) is 13.4. The molecular formula is C16H21BrO. The summed E-state index contributed by atoms with van der Waals surface area (Å²) in [5, 5.41) is 0. The highest BCUT2D eigenvalue weighted by molar-refractivity contribution is 9.10. The molecule has 0 fully saturated rings. The molecule has 0 spiro atoms. The number of carbonyl (C=O) groups excluding carboxylic acids is 1. The Labute approximate surface area is 118 Å². The van der Waals surface area contributed by atoms with Crippen LogP contribution in [0.1, 0.15) is 45.1 Å². The van der Waals surface area contributed by atoms with Crippen molar-refractivity contribution in [1.82, 2.24) is 0 Å². The zero-order valence-electron chi connectivity index (χ0n) is 11.2. The maximum absolute atomic E-state index is 11.8. The van der Waals surface area contributed by atoms with E-state index in [0.29, 0.717) is 18.6 Å². The molecule has 0 saturated heterocycles. The molecule has 0 aromatic heterocycles. The van der Waals surface area contributed by atoms with Crippen LogP contribution < -0.4 is 0 Å². The van der Waals surface area contributed by atoms with Crippen LogP contribution in [0.3, 0.4) is 0 Å². The van der Waals surface area contributed by atoms with E-state index in [9.17, 15) is 4.79 Å². The van der Waals surface area contributed by atoms with Crippen molar-refractivity contribution >= 4 is 21.7 Å². The molecule has 0 N–H and O–H groups in total. The van der Waals surface area contributed by atoms with E-state index < -0.39 is 0 Å². The minimum Gasteiger partial charge on any atom is -0.299 e. The van der Waals surface area contributed by atoms with Crippen molar-refractivity contribution in [3.63, 3.8) is 0 Å². The lowest BCUT2D eigenvalue weighted by molar-refractivity contribution is -0.118. The Hall–Kier alpha value is -0.890. The van der Waals surface area contributed by atoms with Crippen molar-refractivity contribution in [2.45, 2.75) is 46.0 Å². The third-order valence-electron chi connectivity index (χ3n) is 2.78. The van der Waals surface area contributed by atoms with E-state index in [1.54, 1.807) is 0 Å². The number of halogens is 1. The Kier molecular flexibility index (Phi) is 6.96. The van der Waals surface area contributed by atoms with Crippen molar-refractivity contribution in [2.75, 3.05) is 0 Å². The Morgan fingerprint density at radius 2 is 1.83 bits per heavy atom. The summed E-state index contributed by atoms with van der Waals surface area (Å²) in [6, 6.07) is 7.98. The molecule has 0 bridgehead atoms. The first-order valence-electron chi connectivity index (χ1n) is 6.47. The summed E-state index contributed by atoms with van der Waals surface area (Å²) in [5.74, 6) is 0.342. The summed E-state index contributed by atoms with van der Waals surface area (Å²) in [7, 11) is 0. The van der Waals surface area contributed by atoms with Gasteiger partial charge in [0.2, 0.25) is 0 Å². The highest BCUT2D eigenvalue weighted by Crippen LogP contribution is 2.12. The van der Waals surface area contributed by atoms with E-state index in [4.69, 9.17) is 0 Å². The first-order valence-corrected chi connectivity index (χ1v) is 7.27. The third-order valence-corrected chi connectivity index (χ3v) is 3.31. The molecule has 0 saturated carbocycles. The number of hydrogen-bond donors (Lipinski definition) is 0. The van der Waals surface area contributed by atoms with E-state index >= 15 is 0 Å². The van der Waals surface area contributed by atoms with Gasteiger partial charge in [0, 0.05) is 17.3 Å². The van der Waals surface area contributed by atoms with Crippen LogP contribution in [0.5, 0.6) is 0 Å². The summed E-state index contributed by atoms with van der Waals surface area (Å²) >= 11 is 3.39. The van der Waals surface area contributed by atoms with Crippen LogP contribution >= 0.6 is 15.9 Å². The SMILES string of the molecule is CC(C)=CCCCCC(=O)Cc1ccc(Br)cc1. The van der Waals surface area contributed by atoms with Gasteiger partial charge in [-0.05, 0) is 50.8 Å². The molecule has 1 rings (SSSR count). The van der Waals surface area contributed by atoms with Gasteiger partial charge < -0.3 is 0 Å². The second-order valence-electron chi connectivity index (χ2n) is 4.87. The second-order valence-corrected chi connectivity index (χ2v) is 5.78. The van der Waals surface area contributed by atoms with Gasteiger partial charge in [-0.15, -0.1) is 0 Å². The number of allylic oxidation sites excluding steroid dienone is 2. The molecule has 98 valence electrons. The van der Waals surface area contributed by atoms with Crippen molar-refractivity contribution < 1.29 is 4.79 Å². The summed E-state index contributed by atoms with van der Waals surface area (Å²) in [4.78, 5) is 11.8. The fraction of sp³-hybridized carbons (Fsp3) is 0.438. The van der Waals surface area contributed by atoms with E-state index in [1.165, 1.54) is 5.57 Å². The molecular weight excluding hydrogens is 288 g/mol. The van der Waals surface area contributed by atoms with Gasteiger partial charge in [0.15, 0.2) is 0 Å². The summed E-state index contributed by atoms with van der Waals surface area (Å²) in [6.07, 6.45) is 6.70. The van der Waals surface area contributed by atoms with Gasteiger partial charge in [-0.3, -0.25) is 4.79 Å². The lowest BCUT2D eigenvalue weighted by Crippen LogP contribution is -2.02. The normalized spacial score (nSPS) is 10.2. The molecule has 0 aliphatic rings. The number of carbonyl (C=O) groups is 1. The quantitative estimate of drug-likeness (QED) is 0.506. The number of ketones is 1. The van der Waals surface area contributed by atoms with Crippen molar-refractivity contribution in [1.29, 1.82) is 0 Å². The second kappa shape index (κ2) is 8.25. The summed E-state index contributed by atoms with van der Waals surface area (Å²) in [5.41, 5.74) is 2.46. The average molecular weight is 309 g/mol. The summed E-state index contributed by atoms with van der Waals surface area (Å²) < 4.78 is 1.06. The minimum absolute atomic E-state index is 0.342. The van der Waals surface area contributed by atoms with E-state index in [-0.39, 0.29) is 0 Å². The lowest BCUT2D eigenvalue weighted by Gasteiger charge is -2.01.